The lowest BCUT2D eigenvalue weighted by Gasteiger charge is -2.42. The van der Waals surface area contributed by atoms with Gasteiger partial charge in [-0.2, -0.15) is 0 Å². The van der Waals surface area contributed by atoms with Crippen LogP contribution in [-0.4, -0.2) is 29.1 Å². The predicted octanol–water partition coefficient (Wildman–Crippen LogP) is 3.02. The number of piperidine rings is 1. The highest BCUT2D eigenvalue weighted by Gasteiger charge is 2.31. The highest BCUT2D eigenvalue weighted by atomic mass is 16.4. The van der Waals surface area contributed by atoms with Crippen LogP contribution in [0, 0.1) is 11.8 Å². The number of hydrogen-bond acceptors (Lipinski definition) is 4. The first kappa shape index (κ1) is 17.2. The average molecular weight is 328 g/mol. The van der Waals surface area contributed by atoms with Crippen molar-refractivity contribution in [3.8, 4) is 0 Å². The monoisotopic (exact) mass is 328 g/mol. The van der Waals surface area contributed by atoms with E-state index in [0.29, 0.717) is 23.6 Å². The molecule has 0 bridgehead atoms. The van der Waals surface area contributed by atoms with Crippen LogP contribution < -0.4 is 5.32 Å². The van der Waals surface area contributed by atoms with Crippen molar-refractivity contribution in [3.63, 3.8) is 0 Å². The molecule has 1 saturated heterocycles. The van der Waals surface area contributed by atoms with E-state index in [2.05, 4.69) is 54.4 Å². The Hall–Kier alpha value is -1.62. The standard InChI is InChI=1S/C20H28N2O2/c1-15-11-22(13-17-6-4-3-5-7-17)12-16(2)20(15)21-10-18-8-9-19(14-23)24-18/h3-9,15-16,20-21,23H,10-14H2,1-2H3/t15-,16+,20?. The topological polar surface area (TPSA) is 48.6 Å². The largest absolute Gasteiger partial charge is 0.462 e. The second kappa shape index (κ2) is 7.97. The minimum absolute atomic E-state index is 0.0370. The van der Waals surface area contributed by atoms with Crippen LogP contribution in [0.3, 0.4) is 0 Å². The summed E-state index contributed by atoms with van der Waals surface area (Å²) in [6.45, 7) is 8.58. The van der Waals surface area contributed by atoms with Crippen molar-refractivity contribution in [2.24, 2.45) is 11.8 Å². The number of likely N-dealkylation sites (tertiary alicyclic amines) is 1. The summed E-state index contributed by atoms with van der Waals surface area (Å²) < 4.78 is 5.57. The van der Waals surface area contributed by atoms with Gasteiger partial charge in [-0.05, 0) is 29.5 Å². The zero-order chi connectivity index (χ0) is 16.9. The van der Waals surface area contributed by atoms with Crippen molar-refractivity contribution >= 4 is 0 Å². The van der Waals surface area contributed by atoms with Crippen molar-refractivity contribution in [1.29, 1.82) is 0 Å². The smallest absolute Gasteiger partial charge is 0.129 e. The maximum absolute atomic E-state index is 9.08. The Labute approximate surface area is 144 Å². The molecule has 24 heavy (non-hydrogen) atoms. The van der Waals surface area contributed by atoms with Gasteiger partial charge >= 0.3 is 0 Å². The molecule has 4 nitrogen and oxygen atoms in total. The molecule has 3 atom stereocenters. The van der Waals surface area contributed by atoms with Crippen molar-refractivity contribution in [3.05, 3.63) is 59.5 Å². The minimum atomic E-state index is -0.0370. The summed E-state index contributed by atoms with van der Waals surface area (Å²) in [5.41, 5.74) is 1.38. The van der Waals surface area contributed by atoms with Crippen molar-refractivity contribution < 1.29 is 9.52 Å². The van der Waals surface area contributed by atoms with Crippen LogP contribution in [0.5, 0.6) is 0 Å². The van der Waals surface area contributed by atoms with E-state index < -0.39 is 0 Å². The molecule has 0 aliphatic carbocycles. The summed E-state index contributed by atoms with van der Waals surface area (Å²) in [4.78, 5) is 2.56. The maximum atomic E-state index is 9.08. The van der Waals surface area contributed by atoms with Gasteiger partial charge in [-0.1, -0.05) is 44.2 Å². The van der Waals surface area contributed by atoms with Crippen molar-refractivity contribution in [2.45, 2.75) is 39.6 Å². The molecule has 0 amide bonds. The summed E-state index contributed by atoms with van der Waals surface area (Å²) in [5.74, 6) is 2.70. The van der Waals surface area contributed by atoms with Gasteiger partial charge in [-0.3, -0.25) is 4.90 Å². The Morgan fingerprint density at radius 3 is 2.33 bits per heavy atom. The quantitative estimate of drug-likeness (QED) is 0.856. The first-order valence-corrected chi connectivity index (χ1v) is 8.84. The number of nitrogens with one attached hydrogen (secondary N) is 1. The number of nitrogens with zero attached hydrogens (tertiary/aromatic N) is 1. The van der Waals surface area contributed by atoms with E-state index in [4.69, 9.17) is 9.52 Å². The molecule has 1 aromatic heterocycles. The molecule has 3 rings (SSSR count). The van der Waals surface area contributed by atoms with Crippen LogP contribution in [0.4, 0.5) is 0 Å². The molecule has 1 unspecified atom stereocenters. The first-order chi connectivity index (χ1) is 11.7. The second-order valence-electron chi connectivity index (χ2n) is 7.07. The van der Waals surface area contributed by atoms with Gasteiger partial charge in [0.1, 0.15) is 18.1 Å². The highest BCUT2D eigenvalue weighted by Crippen LogP contribution is 2.24. The van der Waals surface area contributed by atoms with E-state index >= 15 is 0 Å². The Bertz CT molecular complexity index is 614. The number of aliphatic hydroxyl groups is 1. The van der Waals surface area contributed by atoms with Crippen LogP contribution >= 0.6 is 0 Å². The van der Waals surface area contributed by atoms with Gasteiger partial charge in [0.15, 0.2) is 0 Å². The van der Waals surface area contributed by atoms with Crippen molar-refractivity contribution in [1.82, 2.24) is 10.2 Å². The normalized spacial score (nSPS) is 25.0. The van der Waals surface area contributed by atoms with Crippen LogP contribution in [0.2, 0.25) is 0 Å². The fraction of sp³-hybridized carbons (Fsp3) is 0.500. The van der Waals surface area contributed by atoms with E-state index in [1.807, 2.05) is 12.1 Å². The zero-order valence-corrected chi connectivity index (χ0v) is 14.6. The third kappa shape index (κ3) is 4.26. The second-order valence-corrected chi connectivity index (χ2v) is 7.07. The van der Waals surface area contributed by atoms with E-state index in [-0.39, 0.29) is 6.61 Å². The predicted molar refractivity (Wildman–Crippen MR) is 95.3 cm³/mol. The number of aliphatic hydroxyl groups excluding tert-OH is 1. The summed E-state index contributed by atoms with van der Waals surface area (Å²) in [5, 5.41) is 12.7. The first-order valence-electron chi connectivity index (χ1n) is 8.84. The van der Waals surface area contributed by atoms with E-state index in [9.17, 15) is 0 Å². The van der Waals surface area contributed by atoms with Gasteiger partial charge in [0.25, 0.3) is 0 Å². The van der Waals surface area contributed by atoms with Gasteiger partial charge in [0.2, 0.25) is 0 Å². The lowest BCUT2D eigenvalue weighted by Crippen LogP contribution is -2.52. The highest BCUT2D eigenvalue weighted by molar-refractivity contribution is 5.14. The van der Waals surface area contributed by atoms with E-state index in [1.165, 1.54) is 5.56 Å². The van der Waals surface area contributed by atoms with Gasteiger partial charge in [0, 0.05) is 25.7 Å². The van der Waals surface area contributed by atoms with Gasteiger partial charge in [0.05, 0.1) is 6.54 Å². The Kier molecular flexibility index (Phi) is 5.72. The summed E-state index contributed by atoms with van der Waals surface area (Å²) in [6, 6.07) is 15.0. The van der Waals surface area contributed by atoms with Gasteiger partial charge < -0.3 is 14.8 Å². The number of rotatable bonds is 6. The summed E-state index contributed by atoms with van der Waals surface area (Å²) in [6.07, 6.45) is 0. The average Bonchev–Trinajstić information content (AvgIpc) is 3.03. The minimum Gasteiger partial charge on any atom is -0.462 e. The third-order valence-electron chi connectivity index (χ3n) is 4.95. The molecular weight excluding hydrogens is 300 g/mol. The lowest BCUT2D eigenvalue weighted by atomic mass is 9.85. The van der Waals surface area contributed by atoms with Crippen LogP contribution in [0.1, 0.15) is 30.9 Å². The van der Waals surface area contributed by atoms with E-state index in [1.54, 1.807) is 0 Å². The summed E-state index contributed by atoms with van der Waals surface area (Å²) >= 11 is 0. The molecule has 2 heterocycles. The van der Waals surface area contributed by atoms with Gasteiger partial charge in [-0.15, -0.1) is 0 Å². The molecule has 1 aliphatic rings. The molecule has 0 spiro atoms. The molecule has 1 aromatic carbocycles. The molecule has 2 aromatic rings. The molecule has 0 saturated carbocycles. The number of benzene rings is 1. The molecule has 1 aliphatic heterocycles. The molecule has 1 fully saturated rings. The Morgan fingerprint density at radius 1 is 1.04 bits per heavy atom. The number of hydrogen-bond donors (Lipinski definition) is 2. The summed E-state index contributed by atoms with van der Waals surface area (Å²) in [7, 11) is 0. The Morgan fingerprint density at radius 2 is 1.71 bits per heavy atom. The Balaban J connectivity index is 1.53. The molecular formula is C20H28N2O2. The third-order valence-corrected chi connectivity index (χ3v) is 4.95. The van der Waals surface area contributed by atoms with Crippen LogP contribution in [-0.2, 0) is 19.7 Å². The lowest BCUT2D eigenvalue weighted by molar-refractivity contribution is 0.0927. The molecule has 130 valence electrons. The zero-order valence-electron chi connectivity index (χ0n) is 14.6. The molecule has 4 heteroatoms. The van der Waals surface area contributed by atoms with Gasteiger partial charge in [-0.25, -0.2) is 0 Å². The SMILES string of the molecule is C[C@@H]1CN(Cc2ccccc2)C[C@H](C)C1NCc1ccc(CO)o1. The van der Waals surface area contributed by atoms with Crippen molar-refractivity contribution in [2.75, 3.05) is 13.1 Å². The fourth-order valence-electron chi connectivity index (χ4n) is 3.87. The van der Waals surface area contributed by atoms with Crippen LogP contribution in [0.15, 0.2) is 46.9 Å². The number of furan rings is 1. The van der Waals surface area contributed by atoms with E-state index in [0.717, 1.165) is 31.9 Å². The fourth-order valence-corrected chi connectivity index (χ4v) is 3.87. The maximum Gasteiger partial charge on any atom is 0.129 e. The molecule has 0 radical (unpaired) electrons. The molecule has 2 N–H and O–H groups in total. The van der Waals surface area contributed by atoms with Crippen LogP contribution in [0.25, 0.3) is 0 Å².